The largest absolute Gasteiger partial charge is 0.546 e. The molecule has 0 bridgehead atoms. The summed E-state index contributed by atoms with van der Waals surface area (Å²) in [6, 6.07) is 4.55. The summed E-state index contributed by atoms with van der Waals surface area (Å²) in [5.41, 5.74) is -1.71. The van der Waals surface area contributed by atoms with Crippen LogP contribution in [0.3, 0.4) is 0 Å². The summed E-state index contributed by atoms with van der Waals surface area (Å²) in [4.78, 5) is 23.3. The number of aliphatic hydroxyl groups excluding tert-OH is 1. The molecule has 0 fully saturated rings. The third kappa shape index (κ3) is 1.89. The fourth-order valence-electron chi connectivity index (χ4n) is 1.69. The van der Waals surface area contributed by atoms with Crippen molar-refractivity contribution >= 4 is 24.4 Å². The van der Waals surface area contributed by atoms with Crippen LogP contribution in [-0.4, -0.2) is 29.1 Å². The Balaban J connectivity index is 2.51. The lowest BCUT2D eigenvalue weighted by atomic mass is 9.90. The molecule has 1 aromatic rings. The first-order valence-electron chi connectivity index (χ1n) is 4.86. The van der Waals surface area contributed by atoms with Gasteiger partial charge in [-0.05, 0) is 18.2 Å². The number of Topliss-reactive ketones (excluding diaryl/α,β-unsaturated/α-hetero) is 1. The number of aliphatic hydroxyl groups is 1. The maximum atomic E-state index is 11.8. The molecule has 2 rings (SSSR count). The first-order valence-corrected chi connectivity index (χ1v) is 5.31. The molecule has 6 heteroatoms. The number of aliphatic carboxylic acids is 1. The molecule has 17 heavy (non-hydrogen) atoms. The number of ketones is 1. The average Bonchev–Trinajstić information content (AvgIpc) is 2.27. The minimum Gasteiger partial charge on any atom is -0.546 e. The third-order valence-electron chi connectivity index (χ3n) is 2.64. The molecular weight excluding hydrogens is 244 g/mol. The Morgan fingerprint density at radius 2 is 2.29 bits per heavy atom. The number of carbonyl (C=O) groups is 2. The van der Waals surface area contributed by atoms with Gasteiger partial charge in [-0.2, -0.15) is 0 Å². The number of benzene rings is 1. The number of carbonyl (C=O) groups excluding carboxylic acids is 2. The average molecular weight is 253 g/mol. The lowest BCUT2D eigenvalue weighted by Gasteiger charge is -2.37. The van der Waals surface area contributed by atoms with E-state index < -0.39 is 30.4 Å². The maximum Gasteiger partial charge on any atom is 0.178 e. The van der Waals surface area contributed by atoms with Gasteiger partial charge in [0, 0.05) is 4.90 Å². The topological polar surface area (TPSA) is 86.7 Å². The van der Waals surface area contributed by atoms with Crippen molar-refractivity contribution in [2.75, 3.05) is 6.61 Å². The van der Waals surface area contributed by atoms with Crippen LogP contribution in [0, 0.1) is 0 Å². The Hall–Kier alpha value is -1.53. The first kappa shape index (κ1) is 11.9. The van der Waals surface area contributed by atoms with E-state index in [0.29, 0.717) is 4.90 Å². The Labute approximate surface area is 102 Å². The van der Waals surface area contributed by atoms with E-state index in [2.05, 4.69) is 12.6 Å². The predicted molar refractivity (Wildman–Crippen MR) is 58.1 cm³/mol. The molecule has 0 amide bonds. The van der Waals surface area contributed by atoms with Crippen LogP contribution in [0.2, 0.25) is 0 Å². The summed E-state index contributed by atoms with van der Waals surface area (Å²) in [5.74, 6) is -1.91. The number of fused-ring (bicyclic) bond motifs is 1. The maximum absolute atomic E-state index is 11.8. The van der Waals surface area contributed by atoms with Crippen molar-refractivity contribution < 1.29 is 24.5 Å². The fourth-order valence-corrected chi connectivity index (χ4v) is 1.89. The summed E-state index contributed by atoms with van der Waals surface area (Å²) in [6.07, 6.45) is -0.440. The normalized spacial score (nSPS) is 22.8. The van der Waals surface area contributed by atoms with Gasteiger partial charge in [-0.1, -0.05) is 0 Å². The molecule has 0 saturated heterocycles. The molecule has 1 unspecified atom stereocenters. The predicted octanol–water partition coefficient (Wildman–Crippen LogP) is -0.579. The first-order chi connectivity index (χ1) is 7.98. The van der Waals surface area contributed by atoms with E-state index >= 15 is 0 Å². The van der Waals surface area contributed by atoms with Gasteiger partial charge in [0.2, 0.25) is 0 Å². The van der Waals surface area contributed by atoms with Crippen molar-refractivity contribution in [3.8, 4) is 5.75 Å². The molecule has 0 saturated carbocycles. The standard InChI is InChI=1S/C11H10O5S/c12-5-11(10(14)15)4-8(13)7-2-1-6(17)3-9(7)16-11/h1-3,12,17H,4-5H2,(H,14,15)/p-1. The lowest BCUT2D eigenvalue weighted by molar-refractivity contribution is -0.324. The molecular formula is C11H9O5S-. The summed E-state index contributed by atoms with van der Waals surface area (Å²) in [5, 5.41) is 20.1. The summed E-state index contributed by atoms with van der Waals surface area (Å²) < 4.78 is 5.20. The van der Waals surface area contributed by atoms with E-state index in [-0.39, 0.29) is 11.3 Å². The van der Waals surface area contributed by atoms with Crippen molar-refractivity contribution in [2.24, 2.45) is 0 Å². The van der Waals surface area contributed by atoms with Gasteiger partial charge in [-0.15, -0.1) is 12.6 Å². The van der Waals surface area contributed by atoms with Gasteiger partial charge in [0.15, 0.2) is 11.4 Å². The van der Waals surface area contributed by atoms with Crippen LogP contribution in [0.15, 0.2) is 23.1 Å². The quantitative estimate of drug-likeness (QED) is 0.689. The second kappa shape index (κ2) is 4.05. The van der Waals surface area contributed by atoms with Crippen LogP contribution >= 0.6 is 12.6 Å². The smallest absolute Gasteiger partial charge is 0.178 e. The SMILES string of the molecule is O=C1CC(CO)(C(=O)[O-])Oc2cc(S)ccc21. The molecule has 0 spiro atoms. The molecule has 0 aromatic heterocycles. The van der Waals surface area contributed by atoms with Gasteiger partial charge in [0.25, 0.3) is 0 Å². The fraction of sp³-hybridized carbons (Fsp3) is 0.273. The molecule has 0 aliphatic carbocycles. The number of carboxylic acids is 1. The van der Waals surface area contributed by atoms with Crippen LogP contribution in [0.5, 0.6) is 5.75 Å². The van der Waals surface area contributed by atoms with E-state index in [1.54, 1.807) is 6.07 Å². The molecule has 5 nitrogen and oxygen atoms in total. The molecule has 1 heterocycles. The monoisotopic (exact) mass is 253 g/mol. The van der Waals surface area contributed by atoms with E-state index in [4.69, 9.17) is 9.84 Å². The summed E-state index contributed by atoms with van der Waals surface area (Å²) >= 11 is 4.07. The van der Waals surface area contributed by atoms with Crippen molar-refractivity contribution in [1.82, 2.24) is 0 Å². The number of hydrogen-bond acceptors (Lipinski definition) is 6. The molecule has 1 atom stereocenters. The molecule has 1 aliphatic rings. The van der Waals surface area contributed by atoms with Crippen LogP contribution < -0.4 is 9.84 Å². The van der Waals surface area contributed by atoms with E-state index in [1.165, 1.54) is 12.1 Å². The van der Waals surface area contributed by atoms with Gasteiger partial charge in [-0.3, -0.25) is 4.79 Å². The van der Waals surface area contributed by atoms with Crippen LogP contribution in [0.1, 0.15) is 16.8 Å². The number of ether oxygens (including phenoxy) is 1. The van der Waals surface area contributed by atoms with E-state index in [9.17, 15) is 14.7 Å². The van der Waals surface area contributed by atoms with Crippen molar-refractivity contribution in [1.29, 1.82) is 0 Å². The van der Waals surface area contributed by atoms with E-state index in [1.807, 2.05) is 0 Å². The van der Waals surface area contributed by atoms with Crippen LogP contribution in [0.25, 0.3) is 0 Å². The Bertz CT molecular complexity index is 499. The van der Waals surface area contributed by atoms with Crippen molar-refractivity contribution in [3.05, 3.63) is 23.8 Å². The zero-order valence-corrected chi connectivity index (χ0v) is 9.57. The van der Waals surface area contributed by atoms with Crippen LogP contribution in [-0.2, 0) is 4.79 Å². The second-order valence-corrected chi connectivity index (χ2v) is 4.34. The number of carboxylic acid groups (broad SMARTS) is 1. The molecule has 90 valence electrons. The van der Waals surface area contributed by atoms with Gasteiger partial charge < -0.3 is 19.7 Å². The van der Waals surface area contributed by atoms with Crippen molar-refractivity contribution in [2.45, 2.75) is 16.9 Å². The number of rotatable bonds is 2. The highest BCUT2D eigenvalue weighted by atomic mass is 32.1. The zero-order chi connectivity index (χ0) is 12.6. The van der Waals surface area contributed by atoms with Gasteiger partial charge in [-0.25, -0.2) is 0 Å². The third-order valence-corrected chi connectivity index (χ3v) is 2.92. The Kier molecular flexibility index (Phi) is 2.84. The molecule has 0 radical (unpaired) electrons. The minimum atomic E-state index is -1.99. The highest BCUT2D eigenvalue weighted by Crippen LogP contribution is 2.34. The van der Waals surface area contributed by atoms with E-state index in [0.717, 1.165) is 0 Å². The molecule has 1 aliphatic heterocycles. The number of hydrogen-bond donors (Lipinski definition) is 2. The highest BCUT2D eigenvalue weighted by Gasteiger charge is 2.41. The summed E-state index contributed by atoms with van der Waals surface area (Å²) in [7, 11) is 0. The highest BCUT2D eigenvalue weighted by molar-refractivity contribution is 7.80. The van der Waals surface area contributed by atoms with Crippen molar-refractivity contribution in [3.63, 3.8) is 0 Å². The van der Waals surface area contributed by atoms with Gasteiger partial charge in [0.1, 0.15) is 5.75 Å². The second-order valence-electron chi connectivity index (χ2n) is 3.82. The van der Waals surface area contributed by atoms with Gasteiger partial charge >= 0.3 is 0 Å². The van der Waals surface area contributed by atoms with Crippen LogP contribution in [0.4, 0.5) is 0 Å². The van der Waals surface area contributed by atoms with Gasteiger partial charge in [0.05, 0.1) is 24.6 Å². The zero-order valence-electron chi connectivity index (χ0n) is 8.67. The minimum absolute atomic E-state index is 0.104. The molecule has 1 N–H and O–H groups in total. The summed E-state index contributed by atoms with van der Waals surface area (Å²) in [6.45, 7) is -0.822. The number of thiol groups is 1. The lowest BCUT2D eigenvalue weighted by Crippen LogP contribution is -2.58. The Morgan fingerprint density at radius 3 is 2.88 bits per heavy atom. The molecule has 1 aromatic carbocycles. The Morgan fingerprint density at radius 1 is 1.59 bits per heavy atom.